The maximum Gasteiger partial charge on any atom is 0.264 e. The Morgan fingerprint density at radius 1 is 0.354 bits per heavy atom. The molecule has 0 aliphatic carbocycles. The molecule has 4 nitrogen and oxygen atoms in total. The number of fused-ring (bicyclic) bond motifs is 8. The molecule has 0 bridgehead atoms. The van der Waals surface area contributed by atoms with E-state index in [9.17, 15) is 0 Å². The molecule has 0 saturated heterocycles. The standard InChI is InChI=1S/C58H37B2N3OS/c1-6-20-38(21-7-1)53-56-58(65-57(53)39-22-8-2-9-23-39)60-44-36-45-52(64-51-35-19-34-49-55(51)59(45)43-30-16-17-31-46(43)61(49)40-24-10-3-11-25-40)37-50(44)62(41-26-12-4-13-27-41)47-32-18-33-48(54(47)60)63(56)42-28-14-5-15-29-42/h1-37H. The van der Waals surface area contributed by atoms with E-state index < -0.39 is 0 Å². The van der Waals surface area contributed by atoms with Gasteiger partial charge in [0, 0.05) is 66.8 Å². The smallest absolute Gasteiger partial charge is 0.264 e. The topological polar surface area (TPSA) is 19.0 Å². The average Bonchev–Trinajstić information content (AvgIpc) is 3.77. The SMILES string of the molecule is c1ccc(-c2sc3c(c2-c2ccccc2)N(c2ccccc2)c2cccc4c2B3c2cc3c(cc2N4c2ccccc2)Oc2cccc4c2B3c2ccccc2N4c2ccccc2)cc1. The predicted molar refractivity (Wildman–Crippen MR) is 275 cm³/mol. The molecule has 0 unspecified atom stereocenters. The second kappa shape index (κ2) is 14.3. The average molecular weight is 846 g/mol. The Hall–Kier alpha value is -7.99. The summed E-state index contributed by atoms with van der Waals surface area (Å²) in [6.07, 6.45) is 0. The highest BCUT2D eigenvalue weighted by Gasteiger charge is 2.49. The van der Waals surface area contributed by atoms with Crippen LogP contribution in [0.15, 0.2) is 224 Å². The van der Waals surface area contributed by atoms with Gasteiger partial charge in [-0.2, -0.15) is 0 Å². The zero-order valence-corrected chi connectivity index (χ0v) is 36.0. The zero-order chi connectivity index (χ0) is 42.6. The molecule has 14 rings (SSSR count). The molecule has 7 heteroatoms. The van der Waals surface area contributed by atoms with Gasteiger partial charge in [-0.25, -0.2) is 0 Å². The lowest BCUT2D eigenvalue weighted by atomic mass is 9.31. The maximum atomic E-state index is 7.19. The van der Waals surface area contributed by atoms with E-state index in [2.05, 4.69) is 239 Å². The van der Waals surface area contributed by atoms with E-state index in [0.29, 0.717) is 0 Å². The highest BCUT2D eigenvalue weighted by atomic mass is 32.1. The first-order chi connectivity index (χ1) is 32.3. The lowest BCUT2D eigenvalue weighted by Gasteiger charge is -2.44. The summed E-state index contributed by atoms with van der Waals surface area (Å²) in [7, 11) is 0. The summed E-state index contributed by atoms with van der Waals surface area (Å²) >= 11 is 1.94. The molecule has 10 aromatic rings. The number of nitrogens with zero attached hydrogens (tertiary/aromatic N) is 3. The van der Waals surface area contributed by atoms with Crippen molar-refractivity contribution >= 4 is 108 Å². The summed E-state index contributed by atoms with van der Waals surface area (Å²) in [5, 5.41) is 0. The van der Waals surface area contributed by atoms with Crippen molar-refractivity contribution in [1.29, 1.82) is 0 Å². The highest BCUT2D eigenvalue weighted by Crippen LogP contribution is 2.52. The number of para-hydroxylation sites is 4. The number of anilines is 9. The van der Waals surface area contributed by atoms with Crippen molar-refractivity contribution < 1.29 is 4.74 Å². The van der Waals surface area contributed by atoms with Crippen LogP contribution in [0, 0.1) is 0 Å². The van der Waals surface area contributed by atoms with Gasteiger partial charge in [-0.3, -0.25) is 0 Å². The lowest BCUT2D eigenvalue weighted by Crippen LogP contribution is -2.64. The van der Waals surface area contributed by atoms with E-state index in [-0.39, 0.29) is 13.4 Å². The fourth-order valence-corrected chi connectivity index (χ4v) is 12.5. The summed E-state index contributed by atoms with van der Waals surface area (Å²) in [4.78, 5) is 8.70. The van der Waals surface area contributed by atoms with Gasteiger partial charge >= 0.3 is 0 Å². The third-order valence-corrected chi connectivity index (χ3v) is 15.0. The predicted octanol–water partition coefficient (Wildman–Crippen LogP) is 11.6. The van der Waals surface area contributed by atoms with Gasteiger partial charge in [0.2, 0.25) is 0 Å². The van der Waals surface area contributed by atoms with Crippen molar-refractivity contribution in [2.45, 2.75) is 0 Å². The molecule has 1 aromatic heterocycles. The summed E-state index contributed by atoms with van der Waals surface area (Å²) in [5.74, 6) is 1.79. The Balaban J connectivity index is 1.08. The molecular weight excluding hydrogens is 808 g/mol. The summed E-state index contributed by atoms with van der Waals surface area (Å²) < 4.78 is 8.52. The molecule has 9 aromatic carbocycles. The van der Waals surface area contributed by atoms with Crippen LogP contribution in [-0.2, 0) is 0 Å². The van der Waals surface area contributed by atoms with Crippen LogP contribution in [0.25, 0.3) is 21.6 Å². The molecular formula is C58H37B2N3OS. The van der Waals surface area contributed by atoms with Crippen LogP contribution in [0.4, 0.5) is 51.2 Å². The van der Waals surface area contributed by atoms with Crippen LogP contribution in [0.1, 0.15) is 0 Å². The molecule has 302 valence electrons. The van der Waals surface area contributed by atoms with E-state index in [4.69, 9.17) is 4.74 Å². The Morgan fingerprint density at radius 3 is 1.52 bits per heavy atom. The Morgan fingerprint density at radius 2 is 0.862 bits per heavy atom. The van der Waals surface area contributed by atoms with Crippen molar-refractivity contribution in [2.75, 3.05) is 14.7 Å². The summed E-state index contributed by atoms with van der Waals surface area (Å²) in [6.45, 7) is -0.113. The van der Waals surface area contributed by atoms with Gasteiger partial charge < -0.3 is 19.4 Å². The van der Waals surface area contributed by atoms with E-state index >= 15 is 0 Å². The number of ether oxygens (including phenoxy) is 1. The van der Waals surface area contributed by atoms with Crippen LogP contribution >= 0.6 is 11.3 Å². The molecule has 4 aliphatic rings. The van der Waals surface area contributed by atoms with Crippen molar-refractivity contribution in [3.63, 3.8) is 0 Å². The van der Waals surface area contributed by atoms with Crippen LogP contribution in [-0.4, -0.2) is 13.4 Å². The number of rotatable bonds is 5. The molecule has 0 fully saturated rings. The van der Waals surface area contributed by atoms with Crippen molar-refractivity contribution in [3.8, 4) is 33.1 Å². The second-order valence-corrected chi connectivity index (χ2v) is 18.2. The monoisotopic (exact) mass is 845 g/mol. The van der Waals surface area contributed by atoms with Gasteiger partial charge in [-0.15, -0.1) is 11.3 Å². The van der Waals surface area contributed by atoms with Crippen LogP contribution in [0.3, 0.4) is 0 Å². The zero-order valence-electron chi connectivity index (χ0n) is 35.2. The van der Waals surface area contributed by atoms with Gasteiger partial charge in [0.1, 0.15) is 11.5 Å². The molecule has 0 atom stereocenters. The van der Waals surface area contributed by atoms with Crippen molar-refractivity contribution in [1.82, 2.24) is 0 Å². The van der Waals surface area contributed by atoms with E-state index in [1.807, 2.05) is 11.3 Å². The van der Waals surface area contributed by atoms with E-state index in [1.165, 1.54) is 76.4 Å². The Labute approximate surface area is 383 Å². The fraction of sp³-hybridized carbons (Fsp3) is 0. The molecule has 0 radical (unpaired) electrons. The quantitative estimate of drug-likeness (QED) is 0.161. The van der Waals surface area contributed by atoms with Gasteiger partial charge in [0.25, 0.3) is 13.4 Å². The third-order valence-electron chi connectivity index (χ3n) is 13.7. The van der Waals surface area contributed by atoms with E-state index in [0.717, 1.165) is 39.9 Å². The molecule has 0 spiro atoms. The Bertz CT molecular complexity index is 3490. The Kier molecular flexibility index (Phi) is 8.01. The normalized spacial score (nSPS) is 13.5. The number of benzene rings is 9. The number of thiophene rings is 1. The maximum absolute atomic E-state index is 7.19. The van der Waals surface area contributed by atoms with Crippen LogP contribution in [0.5, 0.6) is 11.5 Å². The summed E-state index contributed by atoms with van der Waals surface area (Å²) in [6, 6.07) is 81.8. The second-order valence-electron chi connectivity index (χ2n) is 17.1. The highest BCUT2D eigenvalue weighted by molar-refractivity contribution is 7.32. The van der Waals surface area contributed by atoms with Gasteiger partial charge in [-0.1, -0.05) is 152 Å². The third kappa shape index (κ3) is 5.33. The first-order valence-electron chi connectivity index (χ1n) is 22.3. The largest absolute Gasteiger partial charge is 0.458 e. The molecule has 0 N–H and O–H groups in total. The van der Waals surface area contributed by atoms with Crippen LogP contribution < -0.4 is 51.5 Å². The van der Waals surface area contributed by atoms with Gasteiger partial charge in [0.05, 0.1) is 5.69 Å². The van der Waals surface area contributed by atoms with Crippen LogP contribution in [0.2, 0.25) is 0 Å². The minimum Gasteiger partial charge on any atom is -0.458 e. The first kappa shape index (κ1) is 36.5. The molecule has 65 heavy (non-hydrogen) atoms. The van der Waals surface area contributed by atoms with Gasteiger partial charge in [-0.05, 0) is 105 Å². The summed E-state index contributed by atoms with van der Waals surface area (Å²) in [5.41, 5.74) is 20.4. The number of hydrogen-bond acceptors (Lipinski definition) is 5. The van der Waals surface area contributed by atoms with E-state index in [1.54, 1.807) is 0 Å². The molecule has 4 aliphatic heterocycles. The van der Waals surface area contributed by atoms with Gasteiger partial charge in [0.15, 0.2) is 0 Å². The minimum atomic E-state index is -0.0716. The van der Waals surface area contributed by atoms with Crippen molar-refractivity contribution in [3.05, 3.63) is 224 Å². The first-order valence-corrected chi connectivity index (χ1v) is 23.2. The number of hydrogen-bond donors (Lipinski definition) is 0. The minimum absolute atomic E-state index is 0.0415. The molecule has 5 heterocycles. The van der Waals surface area contributed by atoms with Crippen molar-refractivity contribution in [2.24, 2.45) is 0 Å². The molecule has 0 amide bonds. The lowest BCUT2D eigenvalue weighted by molar-refractivity contribution is 0.488. The fourth-order valence-electron chi connectivity index (χ4n) is 11.1. The molecule has 0 saturated carbocycles.